The van der Waals surface area contributed by atoms with Crippen LogP contribution in [0.2, 0.25) is 0 Å². The number of carbonyl (C=O) groups is 1. The van der Waals surface area contributed by atoms with E-state index in [4.69, 9.17) is 4.74 Å². The molecule has 0 aliphatic heterocycles. The van der Waals surface area contributed by atoms with Crippen molar-refractivity contribution < 1.29 is 13.9 Å². The molecule has 0 aliphatic carbocycles. The number of halogens is 2. The fourth-order valence-electron chi connectivity index (χ4n) is 2.07. The van der Waals surface area contributed by atoms with Crippen LogP contribution < -0.4 is 10.1 Å². The Bertz CT molecular complexity index is 921. The summed E-state index contributed by atoms with van der Waals surface area (Å²) < 4.78 is 19.5. The Kier molecular flexibility index (Phi) is 5.06. The minimum absolute atomic E-state index is 0.151. The van der Waals surface area contributed by atoms with Crippen LogP contribution in [-0.2, 0) is 11.4 Å². The molecule has 7 heteroatoms. The zero-order valence-electron chi connectivity index (χ0n) is 13.7. The quantitative estimate of drug-likeness (QED) is 0.580. The summed E-state index contributed by atoms with van der Waals surface area (Å²) in [5.41, 5.74) is 1.27. The van der Waals surface area contributed by atoms with Crippen LogP contribution in [0.25, 0.3) is 10.2 Å². The van der Waals surface area contributed by atoms with Crippen molar-refractivity contribution in [1.82, 2.24) is 4.98 Å². The summed E-state index contributed by atoms with van der Waals surface area (Å²) in [5.74, 6) is 0.171. The first kappa shape index (κ1) is 17.8. The van der Waals surface area contributed by atoms with E-state index in [2.05, 4.69) is 26.2 Å². The van der Waals surface area contributed by atoms with Gasteiger partial charge in [0.15, 0.2) is 5.13 Å². The number of aromatic nitrogens is 1. The van der Waals surface area contributed by atoms with Gasteiger partial charge in [0.1, 0.15) is 18.2 Å². The van der Waals surface area contributed by atoms with Crippen molar-refractivity contribution in [2.75, 3.05) is 5.32 Å². The van der Waals surface area contributed by atoms with Gasteiger partial charge in [0, 0.05) is 5.56 Å². The maximum Gasteiger partial charge on any atom is 0.242 e. The van der Waals surface area contributed by atoms with Crippen LogP contribution in [0.15, 0.2) is 42.5 Å². The molecule has 1 aromatic heterocycles. The Morgan fingerprint density at radius 3 is 2.80 bits per heavy atom. The molecular weight excluding hydrogens is 407 g/mol. The molecule has 0 aliphatic rings. The number of alkyl halides is 1. The van der Waals surface area contributed by atoms with E-state index >= 15 is 0 Å². The minimum atomic E-state index is -0.668. The average Bonchev–Trinajstić information content (AvgIpc) is 2.94. The van der Waals surface area contributed by atoms with Crippen molar-refractivity contribution in [2.24, 2.45) is 0 Å². The van der Waals surface area contributed by atoms with Crippen LogP contribution in [-0.4, -0.2) is 15.2 Å². The molecule has 1 heterocycles. The Hall–Kier alpha value is -1.99. The van der Waals surface area contributed by atoms with Crippen molar-refractivity contribution in [3.63, 3.8) is 0 Å². The van der Waals surface area contributed by atoms with Gasteiger partial charge in [-0.3, -0.25) is 4.79 Å². The molecule has 0 unspecified atom stereocenters. The van der Waals surface area contributed by atoms with Crippen molar-refractivity contribution in [3.8, 4) is 5.75 Å². The fraction of sp³-hybridized carbons (Fsp3) is 0.222. The maximum absolute atomic E-state index is 13.6. The fourth-order valence-corrected chi connectivity index (χ4v) is 3.06. The molecule has 0 radical (unpaired) electrons. The second-order valence-corrected chi connectivity index (χ2v) is 8.97. The highest BCUT2D eigenvalue weighted by Crippen LogP contribution is 2.30. The van der Waals surface area contributed by atoms with Gasteiger partial charge in [-0.15, -0.1) is 0 Å². The molecule has 3 aromatic rings. The number of nitrogens with zero attached hydrogens (tertiary/aromatic N) is 1. The van der Waals surface area contributed by atoms with Gasteiger partial charge in [-0.25, -0.2) is 9.37 Å². The number of fused-ring (bicyclic) bond motifs is 1. The lowest BCUT2D eigenvalue weighted by Gasteiger charge is -2.13. The average molecular weight is 423 g/mol. The van der Waals surface area contributed by atoms with Gasteiger partial charge in [0.05, 0.1) is 14.5 Å². The van der Waals surface area contributed by atoms with Gasteiger partial charge in [0.25, 0.3) is 0 Å². The molecule has 0 atom stereocenters. The van der Waals surface area contributed by atoms with Crippen LogP contribution in [0.1, 0.15) is 19.4 Å². The number of carbonyl (C=O) groups excluding carboxylic acids is 1. The second kappa shape index (κ2) is 7.09. The summed E-state index contributed by atoms with van der Waals surface area (Å²) in [6.07, 6.45) is 0. The first-order chi connectivity index (χ1) is 11.8. The molecule has 0 saturated heterocycles. The van der Waals surface area contributed by atoms with Crippen LogP contribution in [0.5, 0.6) is 5.75 Å². The number of thiazole rings is 1. The van der Waals surface area contributed by atoms with Gasteiger partial charge in [-0.1, -0.05) is 45.5 Å². The monoisotopic (exact) mass is 422 g/mol. The minimum Gasteiger partial charge on any atom is -0.489 e. The number of nitrogens with one attached hydrogen (secondary N) is 1. The number of anilines is 1. The van der Waals surface area contributed by atoms with E-state index in [1.807, 2.05) is 12.1 Å². The zero-order valence-corrected chi connectivity index (χ0v) is 16.1. The number of rotatable bonds is 5. The van der Waals surface area contributed by atoms with Crippen LogP contribution in [0.4, 0.5) is 9.52 Å². The highest BCUT2D eigenvalue weighted by atomic mass is 79.9. The molecular formula is C18H16BrFN2O2S. The van der Waals surface area contributed by atoms with E-state index in [9.17, 15) is 9.18 Å². The van der Waals surface area contributed by atoms with E-state index < -0.39 is 4.32 Å². The van der Waals surface area contributed by atoms with E-state index in [-0.39, 0.29) is 18.3 Å². The lowest BCUT2D eigenvalue weighted by atomic mass is 10.2. The van der Waals surface area contributed by atoms with E-state index in [0.717, 1.165) is 10.2 Å². The van der Waals surface area contributed by atoms with Crippen molar-refractivity contribution in [1.29, 1.82) is 0 Å². The van der Waals surface area contributed by atoms with Crippen molar-refractivity contribution in [2.45, 2.75) is 24.8 Å². The van der Waals surface area contributed by atoms with Gasteiger partial charge in [-0.05, 0) is 38.1 Å². The third-order valence-electron chi connectivity index (χ3n) is 3.47. The number of hydrogen-bond donors (Lipinski definition) is 1. The van der Waals surface area contributed by atoms with Gasteiger partial charge in [-0.2, -0.15) is 0 Å². The lowest BCUT2D eigenvalue weighted by molar-refractivity contribution is -0.117. The molecule has 0 spiro atoms. The molecule has 1 amide bonds. The number of amides is 1. The van der Waals surface area contributed by atoms with Crippen molar-refractivity contribution in [3.05, 3.63) is 53.8 Å². The van der Waals surface area contributed by atoms with Gasteiger partial charge in [0.2, 0.25) is 5.91 Å². The third-order valence-corrected chi connectivity index (χ3v) is 4.77. The predicted molar refractivity (Wildman–Crippen MR) is 102 cm³/mol. The Morgan fingerprint density at radius 1 is 1.32 bits per heavy atom. The van der Waals surface area contributed by atoms with Crippen LogP contribution >= 0.6 is 27.3 Å². The normalized spacial score (nSPS) is 11.5. The molecule has 3 rings (SSSR count). The summed E-state index contributed by atoms with van der Waals surface area (Å²) in [5, 5.41) is 3.31. The zero-order chi connectivity index (χ0) is 18.0. The first-order valence-corrected chi connectivity index (χ1v) is 9.21. The van der Waals surface area contributed by atoms with E-state index in [1.165, 1.54) is 17.4 Å². The molecule has 4 nitrogen and oxygen atoms in total. The SMILES string of the molecule is CC(C)(Br)C(=O)Nc1nc2ccc(OCc3ccccc3F)cc2s1. The molecule has 2 aromatic carbocycles. The molecule has 0 fully saturated rings. The van der Waals surface area contributed by atoms with Crippen LogP contribution in [0.3, 0.4) is 0 Å². The number of hydrogen-bond acceptors (Lipinski definition) is 4. The van der Waals surface area contributed by atoms with E-state index in [0.29, 0.717) is 16.4 Å². The summed E-state index contributed by atoms with van der Waals surface area (Å²) >= 11 is 4.68. The summed E-state index contributed by atoms with van der Waals surface area (Å²) in [4.78, 5) is 16.4. The topological polar surface area (TPSA) is 51.2 Å². The molecule has 0 bridgehead atoms. The van der Waals surface area contributed by atoms with Gasteiger partial charge < -0.3 is 10.1 Å². The Morgan fingerprint density at radius 2 is 2.08 bits per heavy atom. The largest absolute Gasteiger partial charge is 0.489 e. The van der Waals surface area contributed by atoms with Crippen molar-refractivity contribution >= 4 is 48.5 Å². The molecule has 25 heavy (non-hydrogen) atoms. The highest BCUT2D eigenvalue weighted by Gasteiger charge is 2.24. The lowest BCUT2D eigenvalue weighted by Crippen LogP contribution is -2.30. The second-order valence-electron chi connectivity index (χ2n) is 5.96. The molecule has 1 N–H and O–H groups in total. The van der Waals surface area contributed by atoms with Crippen LogP contribution in [0, 0.1) is 5.82 Å². The van der Waals surface area contributed by atoms with E-state index in [1.54, 1.807) is 38.1 Å². The maximum atomic E-state index is 13.6. The Balaban J connectivity index is 1.74. The smallest absolute Gasteiger partial charge is 0.242 e. The van der Waals surface area contributed by atoms with Gasteiger partial charge >= 0.3 is 0 Å². The summed E-state index contributed by atoms with van der Waals surface area (Å²) in [6.45, 7) is 3.69. The number of benzene rings is 2. The summed E-state index contributed by atoms with van der Waals surface area (Å²) in [7, 11) is 0. The molecule has 130 valence electrons. The third kappa shape index (κ3) is 4.35. The molecule has 0 saturated carbocycles. The highest BCUT2D eigenvalue weighted by molar-refractivity contribution is 9.10. The predicted octanol–water partition coefficient (Wildman–Crippen LogP) is 5.13. The first-order valence-electron chi connectivity index (χ1n) is 7.60. The standard InChI is InChI=1S/C18H16BrFN2O2S/c1-18(2,19)16(23)22-17-21-14-8-7-12(9-15(14)25-17)24-10-11-5-3-4-6-13(11)20/h3-9H,10H2,1-2H3,(H,21,22,23). The Labute approximate surface area is 157 Å². The number of ether oxygens (including phenoxy) is 1. The summed E-state index contributed by atoms with van der Waals surface area (Å²) in [6, 6.07) is 11.9.